The van der Waals surface area contributed by atoms with E-state index in [2.05, 4.69) is 10.6 Å². The monoisotopic (exact) mass is 327 g/mol. The molecular weight excluding hydrogens is 294 g/mol. The van der Waals surface area contributed by atoms with Gasteiger partial charge in [-0.05, 0) is 20.0 Å². The Balaban J connectivity index is 5.04. The summed E-state index contributed by atoms with van der Waals surface area (Å²) in [6.45, 7) is 10.3. The second-order valence-electron chi connectivity index (χ2n) is 7.26. The lowest BCUT2D eigenvalue weighted by Gasteiger charge is -2.32. The number of ketones is 1. The first-order chi connectivity index (χ1) is 10.5. The molecule has 1 atom stereocenters. The molecule has 0 saturated heterocycles. The van der Waals surface area contributed by atoms with Gasteiger partial charge in [0.2, 0.25) is 11.8 Å². The lowest BCUT2D eigenvalue weighted by molar-refractivity contribution is -0.146. The van der Waals surface area contributed by atoms with Gasteiger partial charge in [0.25, 0.3) is 0 Å². The third-order valence-electron chi connectivity index (χ3n) is 3.67. The lowest BCUT2D eigenvalue weighted by Crippen LogP contribution is -2.52. The second kappa shape index (κ2) is 9.65. The van der Waals surface area contributed by atoms with Gasteiger partial charge >= 0.3 is 0 Å². The van der Waals surface area contributed by atoms with Gasteiger partial charge in [-0.25, -0.2) is 0 Å². The number of hydrogen-bond donors (Lipinski definition) is 2. The van der Waals surface area contributed by atoms with Gasteiger partial charge in [0.05, 0.1) is 0 Å². The van der Waals surface area contributed by atoms with Crippen molar-refractivity contribution in [1.82, 2.24) is 15.5 Å². The number of amides is 2. The largest absolute Gasteiger partial charge is 0.354 e. The van der Waals surface area contributed by atoms with E-state index in [0.717, 1.165) is 13.0 Å². The van der Waals surface area contributed by atoms with Crippen molar-refractivity contribution in [3.63, 3.8) is 0 Å². The molecule has 2 N–H and O–H groups in total. The van der Waals surface area contributed by atoms with Crippen LogP contribution < -0.4 is 10.6 Å². The minimum atomic E-state index is -0.758. The van der Waals surface area contributed by atoms with E-state index >= 15 is 0 Å². The summed E-state index contributed by atoms with van der Waals surface area (Å²) in [6, 6.07) is -0.758. The average molecular weight is 327 g/mol. The molecule has 6 nitrogen and oxygen atoms in total. The zero-order valence-electron chi connectivity index (χ0n) is 15.7. The first-order valence-electron chi connectivity index (χ1n) is 8.24. The highest BCUT2D eigenvalue weighted by Gasteiger charge is 2.34. The number of nitrogens with zero attached hydrogens (tertiary/aromatic N) is 1. The van der Waals surface area contributed by atoms with Gasteiger partial charge in [-0.15, -0.1) is 0 Å². The first kappa shape index (κ1) is 21.6. The molecule has 0 radical (unpaired) electrons. The number of hydrogen-bond acceptors (Lipinski definition) is 4. The quantitative estimate of drug-likeness (QED) is 0.624. The van der Waals surface area contributed by atoms with Gasteiger partial charge in [-0.1, -0.05) is 34.6 Å². The fourth-order valence-electron chi connectivity index (χ4n) is 2.10. The molecule has 134 valence electrons. The van der Waals surface area contributed by atoms with E-state index in [-0.39, 0.29) is 29.9 Å². The third kappa shape index (κ3) is 7.59. The zero-order chi connectivity index (χ0) is 18.2. The topological polar surface area (TPSA) is 78.5 Å². The van der Waals surface area contributed by atoms with Crippen LogP contribution >= 0.6 is 0 Å². The molecule has 0 aromatic carbocycles. The van der Waals surface area contributed by atoms with E-state index in [4.69, 9.17) is 0 Å². The van der Waals surface area contributed by atoms with Crippen LogP contribution in [0.3, 0.4) is 0 Å². The number of Topliss-reactive ketones (excluding diaryl/α,β-unsaturated/α-hetero) is 1. The Morgan fingerprint density at radius 1 is 1.09 bits per heavy atom. The molecule has 0 rings (SSSR count). The third-order valence-corrected chi connectivity index (χ3v) is 3.67. The average Bonchev–Trinajstić information content (AvgIpc) is 2.46. The van der Waals surface area contributed by atoms with Crippen molar-refractivity contribution < 1.29 is 14.4 Å². The van der Waals surface area contributed by atoms with Crippen LogP contribution in [-0.2, 0) is 14.4 Å². The smallest absolute Gasteiger partial charge is 0.243 e. The van der Waals surface area contributed by atoms with Crippen molar-refractivity contribution in [3.05, 3.63) is 0 Å². The maximum atomic E-state index is 12.5. The highest BCUT2D eigenvalue weighted by atomic mass is 16.2. The summed E-state index contributed by atoms with van der Waals surface area (Å²) in [7, 11) is 3.45. The summed E-state index contributed by atoms with van der Waals surface area (Å²) in [5.74, 6) is -0.596. The van der Waals surface area contributed by atoms with E-state index in [1.54, 1.807) is 41.7 Å². The van der Waals surface area contributed by atoms with E-state index in [1.165, 1.54) is 4.90 Å². The van der Waals surface area contributed by atoms with Crippen molar-refractivity contribution in [2.24, 2.45) is 11.3 Å². The Morgan fingerprint density at radius 3 is 2.09 bits per heavy atom. The molecule has 0 fully saturated rings. The highest BCUT2D eigenvalue weighted by Crippen LogP contribution is 2.20. The number of likely N-dealkylation sites (N-methyl/N-ethyl adjacent to an activating group) is 1. The maximum Gasteiger partial charge on any atom is 0.243 e. The molecule has 2 amide bonds. The van der Waals surface area contributed by atoms with Crippen LogP contribution in [-0.4, -0.2) is 55.7 Å². The standard InChI is InChI=1S/C17H33N3O3/c1-12(2)14(21)11-13(15(22)19-10-8-9-18-6)20(7)16(23)17(3,4)5/h12-13,18H,8-11H2,1-7H3,(H,19,22). The Bertz CT molecular complexity index is 414. The summed E-state index contributed by atoms with van der Waals surface area (Å²) >= 11 is 0. The number of carbonyl (C=O) groups is 3. The normalized spacial score (nSPS) is 12.9. The van der Waals surface area contributed by atoms with Crippen molar-refractivity contribution >= 4 is 17.6 Å². The molecule has 0 spiro atoms. The summed E-state index contributed by atoms with van der Waals surface area (Å²) in [4.78, 5) is 38.4. The molecular formula is C17H33N3O3. The van der Waals surface area contributed by atoms with Crippen molar-refractivity contribution in [1.29, 1.82) is 0 Å². The fourth-order valence-corrected chi connectivity index (χ4v) is 2.10. The summed E-state index contributed by atoms with van der Waals surface area (Å²) in [5.41, 5.74) is -0.597. The summed E-state index contributed by atoms with van der Waals surface area (Å²) < 4.78 is 0. The summed E-state index contributed by atoms with van der Waals surface area (Å²) in [6.07, 6.45) is 0.845. The van der Waals surface area contributed by atoms with Gasteiger partial charge in [-0.3, -0.25) is 14.4 Å². The molecule has 0 aliphatic carbocycles. The van der Waals surface area contributed by atoms with Gasteiger partial charge in [0, 0.05) is 31.3 Å². The molecule has 0 aliphatic rings. The SMILES string of the molecule is CNCCCNC(=O)C(CC(=O)C(C)C)N(C)C(=O)C(C)(C)C. The Kier molecular flexibility index (Phi) is 9.05. The number of carbonyl (C=O) groups excluding carboxylic acids is 3. The molecule has 6 heteroatoms. The van der Waals surface area contributed by atoms with Gasteiger partial charge < -0.3 is 15.5 Å². The van der Waals surface area contributed by atoms with E-state index in [0.29, 0.717) is 6.54 Å². The van der Waals surface area contributed by atoms with Crippen LogP contribution in [0.25, 0.3) is 0 Å². The molecule has 0 bridgehead atoms. The molecule has 23 heavy (non-hydrogen) atoms. The lowest BCUT2D eigenvalue weighted by atomic mass is 9.92. The van der Waals surface area contributed by atoms with Crippen LogP contribution in [0.2, 0.25) is 0 Å². The number of rotatable bonds is 9. The molecule has 0 aromatic heterocycles. The molecule has 0 aliphatic heterocycles. The Hall–Kier alpha value is -1.43. The van der Waals surface area contributed by atoms with Gasteiger partial charge in [-0.2, -0.15) is 0 Å². The molecule has 1 unspecified atom stereocenters. The van der Waals surface area contributed by atoms with E-state index in [1.807, 2.05) is 7.05 Å². The van der Waals surface area contributed by atoms with Crippen molar-refractivity contribution in [3.8, 4) is 0 Å². The van der Waals surface area contributed by atoms with Crippen LogP contribution in [0.5, 0.6) is 0 Å². The van der Waals surface area contributed by atoms with E-state index < -0.39 is 11.5 Å². The van der Waals surface area contributed by atoms with Gasteiger partial charge in [0.15, 0.2) is 0 Å². The summed E-state index contributed by atoms with van der Waals surface area (Å²) in [5, 5.41) is 5.83. The van der Waals surface area contributed by atoms with Crippen LogP contribution in [0.4, 0.5) is 0 Å². The van der Waals surface area contributed by atoms with Crippen LogP contribution in [0.1, 0.15) is 47.5 Å². The van der Waals surface area contributed by atoms with Crippen LogP contribution in [0.15, 0.2) is 0 Å². The van der Waals surface area contributed by atoms with Gasteiger partial charge in [0.1, 0.15) is 11.8 Å². The highest BCUT2D eigenvalue weighted by molar-refractivity contribution is 5.94. The Morgan fingerprint density at radius 2 is 1.65 bits per heavy atom. The van der Waals surface area contributed by atoms with Crippen molar-refractivity contribution in [2.75, 3.05) is 27.2 Å². The first-order valence-corrected chi connectivity index (χ1v) is 8.24. The number of nitrogens with one attached hydrogen (secondary N) is 2. The minimum Gasteiger partial charge on any atom is -0.354 e. The van der Waals surface area contributed by atoms with Crippen molar-refractivity contribution in [2.45, 2.75) is 53.5 Å². The predicted molar refractivity (Wildman–Crippen MR) is 92.0 cm³/mol. The Labute approximate surface area is 140 Å². The second-order valence-corrected chi connectivity index (χ2v) is 7.26. The molecule has 0 aromatic rings. The molecule has 0 heterocycles. The zero-order valence-corrected chi connectivity index (χ0v) is 15.7. The van der Waals surface area contributed by atoms with E-state index in [9.17, 15) is 14.4 Å². The maximum absolute atomic E-state index is 12.5. The minimum absolute atomic E-state index is 0.0195. The predicted octanol–water partition coefficient (Wildman–Crippen LogP) is 1.20. The molecule has 0 saturated carbocycles. The fraction of sp³-hybridized carbons (Fsp3) is 0.824. The van der Waals surface area contributed by atoms with Crippen LogP contribution in [0, 0.1) is 11.3 Å².